The van der Waals surface area contributed by atoms with E-state index >= 15 is 0 Å². The summed E-state index contributed by atoms with van der Waals surface area (Å²) in [5, 5.41) is 14.2. The van der Waals surface area contributed by atoms with Crippen LogP contribution in [-0.2, 0) is 6.54 Å². The second kappa shape index (κ2) is 3.91. The fourth-order valence-corrected chi connectivity index (χ4v) is 1.31. The number of rotatable bonds is 3. The lowest BCUT2D eigenvalue weighted by Crippen LogP contribution is -2.00. The van der Waals surface area contributed by atoms with Gasteiger partial charge in [0.05, 0.1) is 23.9 Å². The van der Waals surface area contributed by atoms with Crippen LogP contribution >= 0.6 is 0 Å². The Hall–Kier alpha value is -2.17. The molecule has 0 saturated heterocycles. The molecule has 15 heavy (non-hydrogen) atoms. The highest BCUT2D eigenvalue weighted by atomic mass is 16.6. The second-order valence-electron chi connectivity index (χ2n) is 3.11. The molecular formula is C10H9N3O2. The topological polar surface area (TPSA) is 61.0 Å². The van der Waals surface area contributed by atoms with Crippen LogP contribution in [0.5, 0.6) is 0 Å². The van der Waals surface area contributed by atoms with Crippen LogP contribution < -0.4 is 0 Å². The molecule has 5 nitrogen and oxygen atoms in total. The van der Waals surface area contributed by atoms with Gasteiger partial charge in [0.25, 0.3) is 0 Å². The van der Waals surface area contributed by atoms with Gasteiger partial charge in [-0.1, -0.05) is 30.3 Å². The molecule has 0 unspecified atom stereocenters. The third kappa shape index (κ3) is 2.19. The van der Waals surface area contributed by atoms with E-state index in [1.807, 2.05) is 30.3 Å². The molecule has 76 valence electrons. The van der Waals surface area contributed by atoms with Crippen LogP contribution in [0.15, 0.2) is 42.6 Å². The minimum absolute atomic E-state index is 0.120. The highest BCUT2D eigenvalue weighted by Crippen LogP contribution is 2.07. The summed E-state index contributed by atoms with van der Waals surface area (Å²) in [6.07, 6.45) is 1.60. The van der Waals surface area contributed by atoms with Crippen molar-refractivity contribution in [1.82, 2.24) is 9.78 Å². The van der Waals surface area contributed by atoms with Gasteiger partial charge in [0, 0.05) is 0 Å². The van der Waals surface area contributed by atoms with Crippen LogP contribution in [0.25, 0.3) is 0 Å². The summed E-state index contributed by atoms with van der Waals surface area (Å²) in [6, 6.07) is 11.1. The van der Waals surface area contributed by atoms with Crippen molar-refractivity contribution in [1.29, 1.82) is 0 Å². The Balaban J connectivity index is 2.15. The molecule has 2 rings (SSSR count). The number of nitrogens with zero attached hydrogens (tertiary/aromatic N) is 3. The zero-order valence-corrected chi connectivity index (χ0v) is 7.91. The molecule has 0 saturated carbocycles. The van der Waals surface area contributed by atoms with Gasteiger partial charge >= 0.3 is 5.82 Å². The van der Waals surface area contributed by atoms with E-state index in [-0.39, 0.29) is 5.82 Å². The van der Waals surface area contributed by atoms with Crippen LogP contribution in [-0.4, -0.2) is 14.7 Å². The van der Waals surface area contributed by atoms with E-state index in [1.165, 1.54) is 6.07 Å². The van der Waals surface area contributed by atoms with E-state index < -0.39 is 4.92 Å². The van der Waals surface area contributed by atoms with E-state index in [1.54, 1.807) is 10.9 Å². The molecule has 0 aliphatic carbocycles. The molecule has 2 aromatic rings. The third-order valence-electron chi connectivity index (χ3n) is 2.00. The lowest BCUT2D eigenvalue weighted by Gasteiger charge is -1.96. The predicted molar refractivity (Wildman–Crippen MR) is 54.4 cm³/mol. The standard InChI is InChI=1S/C10H9N3O2/c14-13(15)10-6-7-12(11-10)8-9-4-2-1-3-5-9/h1-7H,8H2. The maximum absolute atomic E-state index is 10.4. The summed E-state index contributed by atoms with van der Waals surface area (Å²) in [6.45, 7) is 0.550. The number of aromatic nitrogens is 2. The van der Waals surface area contributed by atoms with Crippen molar-refractivity contribution in [3.05, 3.63) is 58.3 Å². The summed E-state index contributed by atoms with van der Waals surface area (Å²) >= 11 is 0. The van der Waals surface area contributed by atoms with Gasteiger partial charge in [-0.2, -0.15) is 4.68 Å². The van der Waals surface area contributed by atoms with E-state index in [9.17, 15) is 10.1 Å². The van der Waals surface area contributed by atoms with Crippen LogP contribution in [0, 0.1) is 10.1 Å². The zero-order valence-electron chi connectivity index (χ0n) is 7.91. The van der Waals surface area contributed by atoms with Crippen molar-refractivity contribution in [2.75, 3.05) is 0 Å². The normalized spacial score (nSPS) is 10.1. The molecule has 0 aliphatic heterocycles. The lowest BCUT2D eigenvalue weighted by molar-refractivity contribution is -0.389. The molecular weight excluding hydrogens is 194 g/mol. The number of benzene rings is 1. The average Bonchev–Trinajstić information content (AvgIpc) is 2.68. The molecule has 0 fully saturated rings. The Morgan fingerprint density at radius 3 is 2.60 bits per heavy atom. The van der Waals surface area contributed by atoms with Crippen LogP contribution in [0.2, 0.25) is 0 Å². The molecule has 5 heteroatoms. The molecule has 1 heterocycles. The monoisotopic (exact) mass is 203 g/mol. The number of nitro groups is 1. The Labute approximate surface area is 86.1 Å². The van der Waals surface area contributed by atoms with E-state index in [0.29, 0.717) is 6.54 Å². The highest BCUT2D eigenvalue weighted by Gasteiger charge is 2.10. The van der Waals surface area contributed by atoms with Gasteiger partial charge in [0.15, 0.2) is 0 Å². The SMILES string of the molecule is O=[N+]([O-])c1ccn(Cc2ccccc2)n1. The maximum atomic E-state index is 10.4. The molecule has 0 atom stereocenters. The summed E-state index contributed by atoms with van der Waals surface area (Å²) < 4.78 is 1.55. The molecule has 0 spiro atoms. The number of hydrogen-bond donors (Lipinski definition) is 0. The molecule has 0 N–H and O–H groups in total. The van der Waals surface area contributed by atoms with Gasteiger partial charge in [0.1, 0.15) is 0 Å². The minimum Gasteiger partial charge on any atom is -0.358 e. The predicted octanol–water partition coefficient (Wildman–Crippen LogP) is 1.84. The summed E-state index contributed by atoms with van der Waals surface area (Å²) in [5.41, 5.74) is 1.07. The fourth-order valence-electron chi connectivity index (χ4n) is 1.31. The molecule has 1 aromatic carbocycles. The van der Waals surface area contributed by atoms with E-state index in [4.69, 9.17) is 0 Å². The zero-order chi connectivity index (χ0) is 10.7. The van der Waals surface area contributed by atoms with Gasteiger partial charge in [0.2, 0.25) is 0 Å². The average molecular weight is 203 g/mol. The fraction of sp³-hybridized carbons (Fsp3) is 0.100. The Morgan fingerprint density at radius 1 is 1.27 bits per heavy atom. The van der Waals surface area contributed by atoms with Crippen molar-refractivity contribution in [2.24, 2.45) is 0 Å². The van der Waals surface area contributed by atoms with Crippen molar-refractivity contribution in [3.63, 3.8) is 0 Å². The Bertz CT molecular complexity index is 465. The van der Waals surface area contributed by atoms with Crippen molar-refractivity contribution in [3.8, 4) is 0 Å². The third-order valence-corrected chi connectivity index (χ3v) is 2.00. The second-order valence-corrected chi connectivity index (χ2v) is 3.11. The smallest absolute Gasteiger partial charge is 0.358 e. The largest absolute Gasteiger partial charge is 0.389 e. The van der Waals surface area contributed by atoms with Gasteiger partial charge in [-0.05, 0) is 10.5 Å². The van der Waals surface area contributed by atoms with Crippen LogP contribution in [0.1, 0.15) is 5.56 Å². The van der Waals surface area contributed by atoms with Gasteiger partial charge in [-0.15, -0.1) is 0 Å². The summed E-state index contributed by atoms with van der Waals surface area (Å²) in [5.74, 6) is -0.120. The van der Waals surface area contributed by atoms with Gasteiger partial charge in [-0.25, -0.2) is 0 Å². The first-order chi connectivity index (χ1) is 7.25. The van der Waals surface area contributed by atoms with Gasteiger partial charge in [-0.3, -0.25) is 0 Å². The summed E-state index contributed by atoms with van der Waals surface area (Å²) in [7, 11) is 0. The van der Waals surface area contributed by atoms with Crippen LogP contribution in [0.3, 0.4) is 0 Å². The Morgan fingerprint density at radius 2 is 2.00 bits per heavy atom. The van der Waals surface area contributed by atoms with E-state index in [0.717, 1.165) is 5.56 Å². The number of hydrogen-bond acceptors (Lipinski definition) is 3. The molecule has 0 radical (unpaired) electrons. The van der Waals surface area contributed by atoms with Gasteiger partial charge < -0.3 is 10.1 Å². The highest BCUT2D eigenvalue weighted by molar-refractivity contribution is 5.18. The maximum Gasteiger partial charge on any atom is 0.389 e. The molecule has 0 aliphatic rings. The quantitative estimate of drug-likeness (QED) is 0.564. The first-order valence-corrected chi connectivity index (χ1v) is 4.47. The van der Waals surface area contributed by atoms with Crippen LogP contribution in [0.4, 0.5) is 5.82 Å². The molecule has 0 bridgehead atoms. The van der Waals surface area contributed by atoms with Crippen molar-refractivity contribution >= 4 is 5.82 Å². The first kappa shape index (κ1) is 9.39. The Kier molecular flexibility index (Phi) is 2.45. The molecule has 1 aromatic heterocycles. The van der Waals surface area contributed by atoms with Crippen molar-refractivity contribution in [2.45, 2.75) is 6.54 Å². The molecule has 0 amide bonds. The van der Waals surface area contributed by atoms with Crippen molar-refractivity contribution < 1.29 is 4.92 Å². The van der Waals surface area contributed by atoms with E-state index in [2.05, 4.69) is 5.10 Å². The minimum atomic E-state index is -0.499. The lowest BCUT2D eigenvalue weighted by atomic mass is 10.2. The first-order valence-electron chi connectivity index (χ1n) is 4.47. The summed E-state index contributed by atoms with van der Waals surface area (Å²) in [4.78, 5) is 9.90.